The predicted molar refractivity (Wildman–Crippen MR) is 117 cm³/mol. The summed E-state index contributed by atoms with van der Waals surface area (Å²) in [4.78, 5) is 23.6. The average Bonchev–Trinajstić information content (AvgIpc) is 2.82. The molecule has 6 heteroatoms. The zero-order valence-electron chi connectivity index (χ0n) is 17.4. The maximum atomic E-state index is 12.4. The van der Waals surface area contributed by atoms with Gasteiger partial charge in [-0.1, -0.05) is 60.7 Å². The SMILES string of the molecule is COC(=O)COc1cccc(C(=O)NCc2ccc(COCc3ccccc3)cc2)c1. The lowest BCUT2D eigenvalue weighted by Gasteiger charge is -2.09. The van der Waals surface area contributed by atoms with Crippen molar-refractivity contribution in [2.45, 2.75) is 19.8 Å². The first-order valence-electron chi connectivity index (χ1n) is 9.91. The van der Waals surface area contributed by atoms with Gasteiger partial charge in [-0.3, -0.25) is 4.79 Å². The summed E-state index contributed by atoms with van der Waals surface area (Å²) in [7, 11) is 1.29. The van der Waals surface area contributed by atoms with Crippen LogP contribution in [0.3, 0.4) is 0 Å². The van der Waals surface area contributed by atoms with E-state index < -0.39 is 5.97 Å². The largest absolute Gasteiger partial charge is 0.482 e. The lowest BCUT2D eigenvalue weighted by molar-refractivity contribution is -0.142. The third kappa shape index (κ3) is 7.28. The second-order valence-electron chi connectivity index (χ2n) is 6.87. The first-order valence-corrected chi connectivity index (χ1v) is 9.91. The van der Waals surface area contributed by atoms with Crippen molar-refractivity contribution in [1.82, 2.24) is 5.32 Å². The quantitative estimate of drug-likeness (QED) is 0.505. The molecule has 0 aliphatic carbocycles. The van der Waals surface area contributed by atoms with Gasteiger partial charge in [0, 0.05) is 12.1 Å². The van der Waals surface area contributed by atoms with E-state index >= 15 is 0 Å². The Kier molecular flexibility index (Phi) is 8.20. The summed E-state index contributed by atoms with van der Waals surface area (Å²) in [5.41, 5.74) is 3.65. The van der Waals surface area contributed by atoms with Crippen LogP contribution in [0.25, 0.3) is 0 Å². The summed E-state index contributed by atoms with van der Waals surface area (Å²) in [5.74, 6) is -0.277. The highest BCUT2D eigenvalue weighted by atomic mass is 16.6. The Balaban J connectivity index is 1.45. The standard InChI is InChI=1S/C25H25NO5/c1-29-24(27)18-31-23-9-5-8-22(14-23)25(28)26-15-19-10-12-21(13-11-19)17-30-16-20-6-3-2-4-7-20/h2-14H,15-18H2,1H3,(H,26,28). The number of ether oxygens (including phenoxy) is 3. The van der Waals surface area contributed by atoms with E-state index in [0.717, 1.165) is 16.7 Å². The molecule has 0 atom stereocenters. The molecule has 3 aromatic carbocycles. The molecule has 0 saturated carbocycles. The Labute approximate surface area is 181 Å². The van der Waals surface area contributed by atoms with Crippen molar-refractivity contribution in [3.8, 4) is 5.75 Å². The van der Waals surface area contributed by atoms with Gasteiger partial charge in [0.25, 0.3) is 5.91 Å². The van der Waals surface area contributed by atoms with Crippen molar-refractivity contribution in [2.24, 2.45) is 0 Å². The summed E-state index contributed by atoms with van der Waals surface area (Å²) in [6.45, 7) is 1.29. The molecule has 0 saturated heterocycles. The van der Waals surface area contributed by atoms with Crippen LogP contribution in [0.15, 0.2) is 78.9 Å². The van der Waals surface area contributed by atoms with Gasteiger partial charge < -0.3 is 19.5 Å². The molecule has 0 unspecified atom stereocenters. The van der Waals surface area contributed by atoms with Gasteiger partial charge in [0.15, 0.2) is 6.61 Å². The van der Waals surface area contributed by atoms with Crippen LogP contribution in [0.5, 0.6) is 5.75 Å². The lowest BCUT2D eigenvalue weighted by Crippen LogP contribution is -2.22. The van der Waals surface area contributed by atoms with Gasteiger partial charge in [-0.25, -0.2) is 4.79 Å². The number of esters is 1. The van der Waals surface area contributed by atoms with Crippen LogP contribution >= 0.6 is 0 Å². The Morgan fingerprint density at radius 1 is 0.806 bits per heavy atom. The molecule has 31 heavy (non-hydrogen) atoms. The van der Waals surface area contributed by atoms with Crippen LogP contribution in [-0.4, -0.2) is 25.6 Å². The van der Waals surface area contributed by atoms with E-state index in [-0.39, 0.29) is 12.5 Å². The molecule has 0 bridgehead atoms. The van der Waals surface area contributed by atoms with Crippen molar-refractivity contribution in [3.63, 3.8) is 0 Å². The summed E-state index contributed by atoms with van der Waals surface area (Å²) in [6, 6.07) is 24.6. The Hall–Kier alpha value is -3.64. The van der Waals surface area contributed by atoms with Crippen molar-refractivity contribution in [3.05, 3.63) is 101 Å². The summed E-state index contributed by atoms with van der Waals surface area (Å²) in [6.07, 6.45) is 0. The number of amides is 1. The van der Waals surface area contributed by atoms with E-state index in [2.05, 4.69) is 10.1 Å². The number of hydrogen-bond donors (Lipinski definition) is 1. The van der Waals surface area contributed by atoms with Gasteiger partial charge in [0.2, 0.25) is 0 Å². The number of benzene rings is 3. The molecule has 160 valence electrons. The van der Waals surface area contributed by atoms with Gasteiger partial charge in [-0.15, -0.1) is 0 Å². The third-order valence-electron chi connectivity index (χ3n) is 4.54. The monoisotopic (exact) mass is 419 g/mol. The van der Waals surface area contributed by atoms with Crippen LogP contribution in [-0.2, 0) is 34.0 Å². The molecule has 0 spiro atoms. The second-order valence-corrected chi connectivity index (χ2v) is 6.87. The fourth-order valence-corrected chi connectivity index (χ4v) is 2.83. The molecule has 0 radical (unpaired) electrons. The summed E-state index contributed by atoms with van der Waals surface area (Å²) >= 11 is 0. The molecule has 3 rings (SSSR count). The zero-order chi connectivity index (χ0) is 21.9. The maximum absolute atomic E-state index is 12.4. The number of nitrogens with one attached hydrogen (secondary N) is 1. The van der Waals surface area contributed by atoms with Gasteiger partial charge >= 0.3 is 5.97 Å². The number of hydrogen-bond acceptors (Lipinski definition) is 5. The Bertz CT molecular complexity index is 986. The molecule has 1 N–H and O–H groups in total. The van der Waals surface area contributed by atoms with Crippen LogP contribution < -0.4 is 10.1 Å². The number of carbonyl (C=O) groups is 2. The lowest BCUT2D eigenvalue weighted by atomic mass is 10.1. The van der Waals surface area contributed by atoms with E-state index in [9.17, 15) is 9.59 Å². The van der Waals surface area contributed by atoms with Gasteiger partial charge in [-0.2, -0.15) is 0 Å². The normalized spacial score (nSPS) is 10.4. The predicted octanol–water partition coefficient (Wildman–Crippen LogP) is 3.89. The highest BCUT2D eigenvalue weighted by molar-refractivity contribution is 5.94. The molecule has 0 aliphatic rings. The Morgan fingerprint density at radius 2 is 1.48 bits per heavy atom. The molecule has 1 amide bonds. The van der Waals surface area contributed by atoms with Crippen LogP contribution in [0.1, 0.15) is 27.0 Å². The topological polar surface area (TPSA) is 73.9 Å². The van der Waals surface area contributed by atoms with E-state index in [1.807, 2.05) is 54.6 Å². The number of carbonyl (C=O) groups excluding carboxylic acids is 2. The average molecular weight is 419 g/mol. The molecular formula is C25H25NO5. The van der Waals surface area contributed by atoms with Gasteiger partial charge in [0.05, 0.1) is 20.3 Å². The van der Waals surface area contributed by atoms with Crippen molar-refractivity contribution in [2.75, 3.05) is 13.7 Å². The van der Waals surface area contributed by atoms with Crippen molar-refractivity contribution in [1.29, 1.82) is 0 Å². The minimum Gasteiger partial charge on any atom is -0.482 e. The van der Waals surface area contributed by atoms with Crippen molar-refractivity contribution < 1.29 is 23.8 Å². The van der Waals surface area contributed by atoms with E-state index in [4.69, 9.17) is 9.47 Å². The molecule has 0 aromatic heterocycles. The molecule has 0 fully saturated rings. The van der Waals surface area contributed by atoms with E-state index in [1.54, 1.807) is 24.3 Å². The van der Waals surface area contributed by atoms with Gasteiger partial charge in [-0.05, 0) is 34.9 Å². The molecule has 3 aromatic rings. The molecule has 0 aliphatic heterocycles. The minimum atomic E-state index is -0.483. The highest BCUT2D eigenvalue weighted by Crippen LogP contribution is 2.14. The number of methoxy groups -OCH3 is 1. The highest BCUT2D eigenvalue weighted by Gasteiger charge is 2.08. The first kappa shape index (κ1) is 22.1. The maximum Gasteiger partial charge on any atom is 0.343 e. The summed E-state index contributed by atoms with van der Waals surface area (Å²) < 4.78 is 15.6. The molecule has 6 nitrogen and oxygen atoms in total. The summed E-state index contributed by atoms with van der Waals surface area (Å²) in [5, 5.41) is 2.89. The Morgan fingerprint density at radius 3 is 2.19 bits per heavy atom. The van der Waals surface area contributed by atoms with Crippen molar-refractivity contribution >= 4 is 11.9 Å². The van der Waals surface area contributed by atoms with Crippen LogP contribution in [0.2, 0.25) is 0 Å². The zero-order valence-corrected chi connectivity index (χ0v) is 17.4. The first-order chi connectivity index (χ1) is 15.1. The van der Waals surface area contributed by atoms with Crippen LogP contribution in [0, 0.1) is 0 Å². The fourth-order valence-electron chi connectivity index (χ4n) is 2.83. The van der Waals surface area contributed by atoms with Crippen LogP contribution in [0.4, 0.5) is 0 Å². The number of rotatable bonds is 10. The second kappa shape index (κ2) is 11.5. The fraction of sp³-hybridized carbons (Fsp3) is 0.200. The third-order valence-corrected chi connectivity index (χ3v) is 4.54. The van der Waals surface area contributed by atoms with Gasteiger partial charge in [0.1, 0.15) is 5.75 Å². The van der Waals surface area contributed by atoms with E-state index in [0.29, 0.717) is 31.1 Å². The smallest absolute Gasteiger partial charge is 0.343 e. The molecular weight excluding hydrogens is 394 g/mol. The minimum absolute atomic E-state index is 0.205. The molecule has 0 heterocycles. The van der Waals surface area contributed by atoms with E-state index in [1.165, 1.54) is 7.11 Å².